The van der Waals surface area contributed by atoms with Gasteiger partial charge >= 0.3 is 0 Å². The van der Waals surface area contributed by atoms with Crippen molar-refractivity contribution in [1.82, 2.24) is 0 Å². The largest absolute Gasteiger partial charge is 0.505 e. The molecule has 0 saturated carbocycles. The molecule has 4 N–H and O–H groups in total. The predicted molar refractivity (Wildman–Crippen MR) is 240 cm³/mol. The van der Waals surface area contributed by atoms with E-state index in [-0.39, 0.29) is 37.7 Å². The van der Waals surface area contributed by atoms with Crippen molar-refractivity contribution in [3.63, 3.8) is 0 Å². The van der Waals surface area contributed by atoms with Crippen molar-refractivity contribution >= 4 is 98.1 Å². The number of phenolic OH excluding ortho intramolecular Hbond substituents is 1. The van der Waals surface area contributed by atoms with Crippen molar-refractivity contribution in [2.45, 2.75) is 16.7 Å². The number of aromatic hydroxyl groups is 1. The van der Waals surface area contributed by atoms with Gasteiger partial charge in [0.2, 0.25) is 0 Å². The molecule has 316 valence electrons. The molecule has 0 atom stereocenters. The van der Waals surface area contributed by atoms with Crippen LogP contribution in [0.2, 0.25) is 0 Å². The average molecular weight is 882 g/mol. The quantitative estimate of drug-likeness (QED) is 0.0669. The number of hydrogen-bond acceptors (Lipinski definition) is 14. The number of rotatable bonds is 12. The summed E-state index contributed by atoms with van der Waals surface area (Å²) < 4.78 is 78.7. The highest BCUT2D eigenvalue weighted by Crippen LogP contribution is 2.42. The van der Waals surface area contributed by atoms with Crippen LogP contribution in [-0.4, -0.2) is 45.3 Å². The second kappa shape index (κ2) is 17.0. The minimum atomic E-state index is -4.61. The fourth-order valence-electron chi connectivity index (χ4n) is 6.79. The first kappa shape index (κ1) is 42.1. The maximum Gasteiger partial charge on any atom is 0.295 e. The van der Waals surface area contributed by atoms with E-state index in [0.29, 0.717) is 50.2 Å². The predicted octanol–water partition coefficient (Wildman–Crippen LogP) is 12.7. The molecule has 0 fully saturated rings. The summed E-state index contributed by atoms with van der Waals surface area (Å²) in [6.07, 6.45) is 0. The minimum Gasteiger partial charge on any atom is -0.505 e. The second-order valence-corrected chi connectivity index (χ2v) is 16.9. The molecular weight excluding hydrogens is 847 g/mol. The van der Waals surface area contributed by atoms with Crippen molar-refractivity contribution in [2.24, 2.45) is 30.7 Å². The number of phenols is 1. The normalized spacial score (nSPS) is 12.3. The number of benzene rings is 8. The topological polar surface area (TPSA) is 234 Å². The summed E-state index contributed by atoms with van der Waals surface area (Å²) in [6, 6.07) is 36.2. The molecule has 8 aromatic carbocycles. The fraction of sp³-hybridized carbons (Fsp3) is 0.0667. The molecule has 0 saturated heterocycles. The second-order valence-electron chi connectivity index (χ2n) is 14.1. The molecular formula is C45H35N7O9S2. The number of fused-ring (bicyclic) bond motifs is 3. The number of azo groups is 3. The summed E-state index contributed by atoms with van der Waals surface area (Å²) in [5.74, 6) is 0.925. The summed E-state index contributed by atoms with van der Waals surface area (Å²) in [6.45, 7) is 1.78. The minimum absolute atomic E-state index is 0.111. The van der Waals surface area contributed by atoms with Gasteiger partial charge in [0.25, 0.3) is 20.2 Å². The summed E-state index contributed by atoms with van der Waals surface area (Å²) in [4.78, 5) is -0.621. The van der Waals surface area contributed by atoms with Crippen molar-refractivity contribution in [3.8, 4) is 17.2 Å². The molecule has 0 amide bonds. The molecule has 0 radical (unpaired) electrons. The number of hydrogen-bond donors (Lipinski definition) is 4. The molecule has 0 aliphatic rings. The van der Waals surface area contributed by atoms with Crippen LogP contribution in [0.25, 0.3) is 32.3 Å². The fourth-order valence-corrected chi connectivity index (χ4v) is 8.00. The number of nitrogens with zero attached hydrogens (tertiary/aromatic N) is 6. The van der Waals surface area contributed by atoms with Gasteiger partial charge in [-0.1, -0.05) is 30.3 Å². The van der Waals surface area contributed by atoms with Gasteiger partial charge in [-0.05, 0) is 120 Å². The van der Waals surface area contributed by atoms with Crippen LogP contribution in [-0.2, 0) is 20.2 Å². The molecule has 0 aliphatic carbocycles. The lowest BCUT2D eigenvalue weighted by Gasteiger charge is -2.10. The molecule has 0 aromatic heterocycles. The van der Waals surface area contributed by atoms with Crippen LogP contribution in [0.15, 0.2) is 174 Å². The lowest BCUT2D eigenvalue weighted by atomic mass is 10.1. The van der Waals surface area contributed by atoms with Gasteiger partial charge in [-0.2, -0.15) is 27.1 Å². The van der Waals surface area contributed by atoms with Crippen molar-refractivity contribution in [2.75, 3.05) is 19.5 Å². The van der Waals surface area contributed by atoms with E-state index >= 15 is 0 Å². The monoisotopic (exact) mass is 881 g/mol. The Bertz CT molecular complexity index is 3430. The summed E-state index contributed by atoms with van der Waals surface area (Å²) in [5.41, 5.74) is 4.11. The summed E-state index contributed by atoms with van der Waals surface area (Å²) in [7, 11) is -6.03. The summed E-state index contributed by atoms with van der Waals surface area (Å²) >= 11 is 0. The number of ether oxygens (including phenoxy) is 2. The third-order valence-electron chi connectivity index (χ3n) is 9.99. The van der Waals surface area contributed by atoms with Gasteiger partial charge in [-0.25, -0.2) is 0 Å². The smallest absolute Gasteiger partial charge is 0.295 e. The lowest BCUT2D eigenvalue weighted by Crippen LogP contribution is -1.98. The first-order chi connectivity index (χ1) is 30.2. The highest BCUT2D eigenvalue weighted by atomic mass is 32.2. The summed E-state index contributed by atoms with van der Waals surface area (Å²) in [5, 5.41) is 43.6. The zero-order valence-corrected chi connectivity index (χ0v) is 35.1. The number of nitrogens with one attached hydrogen (secondary N) is 1. The van der Waals surface area contributed by atoms with E-state index in [1.54, 1.807) is 74.7 Å². The Morgan fingerprint density at radius 3 is 1.87 bits per heavy atom. The van der Waals surface area contributed by atoms with E-state index in [0.717, 1.165) is 22.5 Å². The maximum atomic E-state index is 12.2. The molecule has 16 nitrogen and oxygen atoms in total. The van der Waals surface area contributed by atoms with E-state index in [1.165, 1.54) is 43.5 Å². The van der Waals surface area contributed by atoms with Crippen molar-refractivity contribution < 1.29 is 40.5 Å². The molecule has 8 rings (SSSR count). The maximum absolute atomic E-state index is 12.2. The number of aryl methyl sites for hydroxylation is 1. The molecule has 0 unspecified atom stereocenters. The zero-order chi connectivity index (χ0) is 44.5. The molecule has 18 heteroatoms. The molecule has 0 heterocycles. The molecule has 0 aliphatic heterocycles. The van der Waals surface area contributed by atoms with Gasteiger partial charge in [-0.15, -0.1) is 20.5 Å². The number of methoxy groups -OCH3 is 2. The first-order valence-electron chi connectivity index (χ1n) is 18.8. The van der Waals surface area contributed by atoms with Crippen molar-refractivity contribution in [3.05, 3.63) is 139 Å². The van der Waals surface area contributed by atoms with Crippen LogP contribution >= 0.6 is 0 Å². The van der Waals surface area contributed by atoms with Crippen LogP contribution in [0, 0.1) is 6.92 Å². The van der Waals surface area contributed by atoms with Crippen LogP contribution in [0.4, 0.5) is 45.5 Å². The Kier molecular flexibility index (Phi) is 11.4. The number of anilines is 2. The SMILES string of the molecule is COc1ccc(Nc2ccc3c(O)c(N=Nc4ccc(N=Nc5cc(C)c(N=Nc6ccc7cccc(S(=O)(=O)O)c7c6)cc5OC)c5ccc(S(=O)(=O)O)cc45)ccc3c2)cc1. The van der Waals surface area contributed by atoms with Gasteiger partial charge in [-0.3, -0.25) is 9.11 Å². The Morgan fingerprint density at radius 2 is 1.16 bits per heavy atom. The Hall–Kier alpha value is -7.64. The highest BCUT2D eigenvalue weighted by Gasteiger charge is 2.17. The van der Waals surface area contributed by atoms with Gasteiger partial charge < -0.3 is 19.9 Å². The zero-order valence-electron chi connectivity index (χ0n) is 33.5. The van der Waals surface area contributed by atoms with E-state index in [2.05, 4.69) is 36.0 Å². The van der Waals surface area contributed by atoms with Gasteiger partial charge in [0.1, 0.15) is 27.8 Å². The van der Waals surface area contributed by atoms with E-state index in [9.17, 15) is 31.0 Å². The molecule has 0 spiro atoms. The third-order valence-corrected chi connectivity index (χ3v) is 11.8. The molecule has 8 aromatic rings. The van der Waals surface area contributed by atoms with Crippen LogP contribution in [0.5, 0.6) is 17.2 Å². The van der Waals surface area contributed by atoms with E-state index in [4.69, 9.17) is 9.47 Å². The molecule has 63 heavy (non-hydrogen) atoms. The van der Waals surface area contributed by atoms with E-state index < -0.39 is 20.2 Å². The van der Waals surface area contributed by atoms with Crippen LogP contribution < -0.4 is 14.8 Å². The Balaban J connectivity index is 1.08. The third kappa shape index (κ3) is 9.05. The first-order valence-corrected chi connectivity index (χ1v) is 21.7. The average Bonchev–Trinajstić information content (AvgIpc) is 3.27. The Labute approximate surface area is 360 Å². The Morgan fingerprint density at radius 1 is 0.508 bits per heavy atom. The lowest BCUT2D eigenvalue weighted by molar-refractivity contribution is 0.415. The standard InChI is InChI=1S/C45H35N7O9S2/c1-26-21-42(43(61-3)25-41(26)51-47-31-9-7-27-5-4-6-44(36(27)23-31)63(57,58)59)52-48-38-19-20-39(37-24-33(62(54,55)56)15-17-35(37)38)49-50-40-18-8-28-22-30(12-16-34(28)45(40)53)46-29-10-13-32(60-2)14-11-29/h4-25,46,53H,1-3H3,(H,54,55,56)(H,57,58,59). The van der Waals surface area contributed by atoms with Gasteiger partial charge in [0, 0.05) is 39.0 Å². The van der Waals surface area contributed by atoms with Crippen LogP contribution in [0.3, 0.4) is 0 Å². The van der Waals surface area contributed by atoms with Gasteiger partial charge in [0.15, 0.2) is 5.75 Å². The highest BCUT2D eigenvalue weighted by molar-refractivity contribution is 7.86. The molecule has 0 bridgehead atoms. The van der Waals surface area contributed by atoms with Crippen LogP contribution in [0.1, 0.15) is 5.56 Å². The van der Waals surface area contributed by atoms with Crippen molar-refractivity contribution in [1.29, 1.82) is 0 Å². The van der Waals surface area contributed by atoms with Gasteiger partial charge in [0.05, 0.1) is 41.9 Å². The van der Waals surface area contributed by atoms with E-state index in [1.807, 2.05) is 36.4 Å².